The third-order valence-corrected chi connectivity index (χ3v) is 7.31. The molecule has 3 rings (SSSR count). The maximum atomic E-state index is 12.8. The van der Waals surface area contributed by atoms with Gasteiger partial charge in [-0.3, -0.25) is 0 Å². The number of sulfone groups is 1. The number of nitrogens with zero attached hydrogens (tertiary/aromatic N) is 3. The van der Waals surface area contributed by atoms with Gasteiger partial charge in [-0.2, -0.15) is 0 Å². The molecule has 0 aliphatic heterocycles. The standard InChI is InChI=1S/C19H29N3O3S/c1-18(2,3)9-16-21-15-8-14(26(24,25)19(4,5)12-23)10-20-17(15)22(16)11-13-6-7-13/h8,10,13,23H,6-7,9,11-12H2,1-5H3. The number of imidazole rings is 1. The summed E-state index contributed by atoms with van der Waals surface area (Å²) in [4.78, 5) is 9.31. The molecule has 7 heteroatoms. The van der Waals surface area contributed by atoms with Crippen molar-refractivity contribution < 1.29 is 13.5 Å². The zero-order chi connectivity index (χ0) is 19.3. The van der Waals surface area contributed by atoms with Gasteiger partial charge in [-0.1, -0.05) is 20.8 Å². The fourth-order valence-corrected chi connectivity index (χ4v) is 4.22. The SMILES string of the molecule is CC(C)(C)Cc1nc2cc(S(=O)(=O)C(C)(C)CO)cnc2n1CC1CC1. The number of hydrogen-bond acceptors (Lipinski definition) is 5. The first-order chi connectivity index (χ1) is 11.9. The molecular weight excluding hydrogens is 350 g/mol. The number of pyridine rings is 1. The molecule has 0 amide bonds. The Kier molecular flexibility index (Phi) is 4.68. The van der Waals surface area contributed by atoms with Crippen LogP contribution in [0, 0.1) is 11.3 Å². The van der Waals surface area contributed by atoms with Crippen molar-refractivity contribution in [1.29, 1.82) is 0 Å². The third kappa shape index (κ3) is 3.64. The van der Waals surface area contributed by atoms with E-state index >= 15 is 0 Å². The van der Waals surface area contributed by atoms with Crippen LogP contribution < -0.4 is 0 Å². The molecule has 2 aromatic heterocycles. The van der Waals surface area contributed by atoms with Crippen molar-refractivity contribution in [3.8, 4) is 0 Å². The van der Waals surface area contributed by atoms with Gasteiger partial charge in [0.2, 0.25) is 0 Å². The van der Waals surface area contributed by atoms with E-state index in [9.17, 15) is 13.5 Å². The fourth-order valence-electron chi connectivity index (χ4n) is 2.95. The van der Waals surface area contributed by atoms with Gasteiger partial charge in [0.1, 0.15) is 11.3 Å². The Morgan fingerprint density at radius 1 is 1.23 bits per heavy atom. The van der Waals surface area contributed by atoms with Crippen LogP contribution in [0.2, 0.25) is 0 Å². The van der Waals surface area contributed by atoms with E-state index in [2.05, 4.69) is 30.3 Å². The van der Waals surface area contributed by atoms with Crippen LogP contribution in [0.15, 0.2) is 17.2 Å². The lowest BCUT2D eigenvalue weighted by atomic mass is 9.92. The number of aromatic nitrogens is 3. The van der Waals surface area contributed by atoms with Gasteiger partial charge in [-0.15, -0.1) is 0 Å². The molecule has 2 aromatic rings. The third-order valence-electron chi connectivity index (χ3n) is 4.88. The smallest absolute Gasteiger partial charge is 0.187 e. The molecule has 0 radical (unpaired) electrons. The van der Waals surface area contributed by atoms with E-state index in [4.69, 9.17) is 4.98 Å². The largest absolute Gasteiger partial charge is 0.395 e. The fraction of sp³-hybridized carbons (Fsp3) is 0.684. The topological polar surface area (TPSA) is 85.1 Å². The summed E-state index contributed by atoms with van der Waals surface area (Å²) in [5.74, 6) is 1.63. The van der Waals surface area contributed by atoms with Crippen molar-refractivity contribution in [2.45, 2.75) is 70.1 Å². The first-order valence-electron chi connectivity index (χ1n) is 9.15. The van der Waals surface area contributed by atoms with Crippen LogP contribution in [-0.4, -0.2) is 39.4 Å². The Morgan fingerprint density at radius 3 is 2.42 bits per heavy atom. The maximum absolute atomic E-state index is 12.8. The van der Waals surface area contributed by atoms with Gasteiger partial charge >= 0.3 is 0 Å². The highest BCUT2D eigenvalue weighted by Crippen LogP contribution is 2.34. The highest BCUT2D eigenvalue weighted by molar-refractivity contribution is 7.92. The molecule has 2 heterocycles. The second-order valence-corrected chi connectivity index (χ2v) is 11.8. The van der Waals surface area contributed by atoms with Gasteiger partial charge in [-0.05, 0) is 44.1 Å². The molecule has 0 saturated heterocycles. The van der Waals surface area contributed by atoms with Crippen LogP contribution in [-0.2, 0) is 22.8 Å². The molecule has 0 spiro atoms. The second-order valence-electron chi connectivity index (χ2n) is 9.25. The van der Waals surface area contributed by atoms with E-state index in [1.54, 1.807) is 6.07 Å². The Morgan fingerprint density at radius 2 is 1.88 bits per heavy atom. The van der Waals surface area contributed by atoms with E-state index < -0.39 is 21.2 Å². The monoisotopic (exact) mass is 379 g/mol. The summed E-state index contributed by atoms with van der Waals surface area (Å²) in [5.41, 5.74) is 1.44. The minimum atomic E-state index is -3.69. The van der Waals surface area contributed by atoms with Crippen LogP contribution in [0.25, 0.3) is 11.2 Å². The Labute approximate surface area is 155 Å². The molecule has 1 aliphatic rings. The van der Waals surface area contributed by atoms with Crippen LogP contribution in [0.4, 0.5) is 0 Å². The Balaban J connectivity index is 2.10. The summed E-state index contributed by atoms with van der Waals surface area (Å²) in [7, 11) is -3.69. The van der Waals surface area contributed by atoms with Crippen molar-refractivity contribution in [1.82, 2.24) is 14.5 Å². The molecule has 0 bridgehead atoms. The molecule has 1 fully saturated rings. The van der Waals surface area contributed by atoms with Crippen molar-refractivity contribution in [3.05, 3.63) is 18.1 Å². The molecule has 1 saturated carbocycles. The maximum Gasteiger partial charge on any atom is 0.187 e. The number of rotatable bonds is 6. The molecule has 1 N–H and O–H groups in total. The van der Waals surface area contributed by atoms with Gasteiger partial charge in [0, 0.05) is 19.2 Å². The highest BCUT2D eigenvalue weighted by Gasteiger charge is 2.36. The lowest BCUT2D eigenvalue weighted by Crippen LogP contribution is -2.35. The van der Waals surface area contributed by atoms with Crippen LogP contribution in [0.1, 0.15) is 53.3 Å². The van der Waals surface area contributed by atoms with E-state index in [1.807, 2.05) is 0 Å². The van der Waals surface area contributed by atoms with Crippen LogP contribution in [0.5, 0.6) is 0 Å². The van der Waals surface area contributed by atoms with Crippen LogP contribution in [0.3, 0.4) is 0 Å². The predicted molar refractivity (Wildman–Crippen MR) is 102 cm³/mol. The molecule has 0 unspecified atom stereocenters. The average Bonchev–Trinajstić information content (AvgIpc) is 3.29. The van der Waals surface area contributed by atoms with Gasteiger partial charge in [0.15, 0.2) is 15.5 Å². The normalized spacial score (nSPS) is 16.4. The van der Waals surface area contributed by atoms with Gasteiger partial charge < -0.3 is 9.67 Å². The Bertz CT molecular complexity index is 919. The summed E-state index contributed by atoms with van der Waals surface area (Å²) in [6.45, 7) is 9.98. The Hall–Kier alpha value is -1.47. The summed E-state index contributed by atoms with van der Waals surface area (Å²) in [6, 6.07) is 1.60. The van der Waals surface area contributed by atoms with E-state index in [0.29, 0.717) is 11.4 Å². The zero-order valence-corrected chi connectivity index (χ0v) is 17.1. The highest BCUT2D eigenvalue weighted by atomic mass is 32.2. The van der Waals surface area contributed by atoms with Gasteiger partial charge in [0.05, 0.1) is 16.2 Å². The van der Waals surface area contributed by atoms with Crippen molar-refractivity contribution in [3.63, 3.8) is 0 Å². The molecule has 144 valence electrons. The quantitative estimate of drug-likeness (QED) is 0.834. The number of hydrogen-bond donors (Lipinski definition) is 1. The van der Waals surface area contributed by atoms with Gasteiger partial charge in [0.25, 0.3) is 0 Å². The lowest BCUT2D eigenvalue weighted by molar-refractivity contribution is 0.258. The lowest BCUT2D eigenvalue weighted by Gasteiger charge is -2.21. The van der Waals surface area contributed by atoms with Crippen molar-refractivity contribution >= 4 is 21.0 Å². The van der Waals surface area contributed by atoms with E-state index in [-0.39, 0.29) is 10.3 Å². The van der Waals surface area contributed by atoms with E-state index in [0.717, 1.165) is 24.4 Å². The molecule has 1 aliphatic carbocycles. The predicted octanol–water partition coefficient (Wildman–Crippen LogP) is 2.97. The summed E-state index contributed by atoms with van der Waals surface area (Å²) in [5, 5.41) is 9.47. The summed E-state index contributed by atoms with van der Waals surface area (Å²) < 4.78 is 26.5. The molecule has 26 heavy (non-hydrogen) atoms. The summed E-state index contributed by atoms with van der Waals surface area (Å²) in [6.07, 6.45) is 4.67. The molecule has 0 aromatic carbocycles. The number of fused-ring (bicyclic) bond motifs is 1. The zero-order valence-electron chi connectivity index (χ0n) is 16.3. The first kappa shape index (κ1) is 19.3. The van der Waals surface area contributed by atoms with E-state index in [1.165, 1.54) is 32.9 Å². The minimum Gasteiger partial charge on any atom is -0.395 e. The average molecular weight is 380 g/mol. The molecule has 0 atom stereocenters. The first-order valence-corrected chi connectivity index (χ1v) is 10.6. The van der Waals surface area contributed by atoms with Crippen molar-refractivity contribution in [2.24, 2.45) is 11.3 Å². The van der Waals surface area contributed by atoms with Crippen molar-refractivity contribution in [2.75, 3.05) is 6.61 Å². The number of aliphatic hydroxyl groups excluding tert-OH is 1. The number of aliphatic hydroxyl groups is 1. The molecule has 6 nitrogen and oxygen atoms in total. The summed E-state index contributed by atoms with van der Waals surface area (Å²) >= 11 is 0. The molecular formula is C19H29N3O3S. The second kappa shape index (κ2) is 6.30. The minimum absolute atomic E-state index is 0.0798. The van der Waals surface area contributed by atoms with Crippen LogP contribution >= 0.6 is 0 Å². The van der Waals surface area contributed by atoms with Gasteiger partial charge in [-0.25, -0.2) is 18.4 Å².